The van der Waals surface area contributed by atoms with Gasteiger partial charge in [0.2, 0.25) is 0 Å². The molecule has 0 heterocycles. The lowest BCUT2D eigenvalue weighted by Gasteiger charge is -2.09. The first-order valence-corrected chi connectivity index (χ1v) is 5.24. The number of aliphatic hydroxyl groups is 1. The molecule has 0 aliphatic heterocycles. The zero-order chi connectivity index (χ0) is 10.1. The predicted octanol–water partition coefficient (Wildman–Crippen LogP) is -0.889. The Morgan fingerprint density at radius 3 is 2.69 bits per heavy atom. The lowest BCUT2D eigenvalue weighted by molar-refractivity contribution is 0.0114. The highest BCUT2D eigenvalue weighted by molar-refractivity contribution is 7.32. The van der Waals surface area contributed by atoms with Crippen LogP contribution >= 0.6 is 8.25 Å². The first kappa shape index (κ1) is 13.0. The summed E-state index contributed by atoms with van der Waals surface area (Å²) in [4.78, 5) is 8.27. The van der Waals surface area contributed by atoms with Gasteiger partial charge < -0.3 is 25.0 Å². The Bertz CT molecular complexity index is 145. The highest BCUT2D eigenvalue weighted by atomic mass is 31.1. The third kappa shape index (κ3) is 9.95. The van der Waals surface area contributed by atoms with Gasteiger partial charge in [0.1, 0.15) is 6.10 Å². The van der Waals surface area contributed by atoms with Crippen LogP contribution in [0.3, 0.4) is 0 Å². The number of hydrogen-bond acceptors (Lipinski definition) is 5. The van der Waals surface area contributed by atoms with Crippen LogP contribution in [0.5, 0.6) is 0 Å². The summed E-state index contributed by atoms with van der Waals surface area (Å²) in [5.41, 5.74) is 5.21. The Labute approximate surface area is 77.6 Å². The van der Waals surface area contributed by atoms with Crippen molar-refractivity contribution in [1.29, 1.82) is 0 Å². The van der Waals surface area contributed by atoms with Gasteiger partial charge in [0.15, 0.2) is 0 Å². The first-order chi connectivity index (χ1) is 6.16. The van der Waals surface area contributed by atoms with Crippen LogP contribution in [0, 0.1) is 0 Å². The molecule has 0 radical (unpaired) electrons. The second-order valence-electron chi connectivity index (χ2n) is 2.45. The van der Waals surface area contributed by atoms with Gasteiger partial charge in [-0.1, -0.05) is 0 Å². The van der Waals surface area contributed by atoms with Gasteiger partial charge in [-0.3, -0.25) is 4.57 Å². The van der Waals surface area contributed by atoms with Gasteiger partial charge in [-0.05, 0) is 13.0 Å². The van der Waals surface area contributed by atoms with E-state index < -0.39 is 14.4 Å². The van der Waals surface area contributed by atoms with Gasteiger partial charge in [-0.25, -0.2) is 0 Å². The molecule has 0 bridgehead atoms. The third-order valence-corrected chi connectivity index (χ3v) is 1.62. The zero-order valence-corrected chi connectivity index (χ0v) is 8.31. The monoisotopic (exact) mass is 213 g/mol. The van der Waals surface area contributed by atoms with Crippen LogP contribution in [0.25, 0.3) is 0 Å². The molecular weight excluding hydrogens is 197 g/mol. The minimum Gasteiger partial charge on any atom is -0.388 e. The van der Waals surface area contributed by atoms with Crippen LogP contribution in [0.15, 0.2) is 0 Å². The van der Waals surface area contributed by atoms with E-state index in [1.807, 2.05) is 0 Å². The standard InChI is InChI=1S/C6H16NO5P/c7-2-1-3-11-4-6(8)5-12-13(9)10/h6,8,13H,1-5,7H2,(H,9,10). The highest BCUT2D eigenvalue weighted by Gasteiger charge is 2.05. The normalized spacial score (nSPS) is 15.6. The minimum atomic E-state index is -2.95. The molecule has 7 heteroatoms. The van der Waals surface area contributed by atoms with Crippen LogP contribution in [-0.2, 0) is 13.8 Å². The Morgan fingerprint density at radius 2 is 2.15 bits per heavy atom. The van der Waals surface area contributed by atoms with E-state index in [2.05, 4.69) is 4.52 Å². The van der Waals surface area contributed by atoms with E-state index in [4.69, 9.17) is 20.5 Å². The van der Waals surface area contributed by atoms with Gasteiger partial charge in [0.25, 0.3) is 0 Å². The Hall–Kier alpha value is 0.0300. The molecule has 0 saturated carbocycles. The summed E-state index contributed by atoms with van der Waals surface area (Å²) in [5, 5.41) is 9.08. The van der Waals surface area contributed by atoms with E-state index in [0.29, 0.717) is 13.2 Å². The quantitative estimate of drug-likeness (QED) is 0.357. The number of ether oxygens (including phenoxy) is 1. The van der Waals surface area contributed by atoms with Crippen molar-refractivity contribution in [2.24, 2.45) is 5.73 Å². The molecule has 0 spiro atoms. The summed E-state index contributed by atoms with van der Waals surface area (Å²) >= 11 is 0. The smallest absolute Gasteiger partial charge is 0.316 e. The molecule has 80 valence electrons. The van der Waals surface area contributed by atoms with Crippen molar-refractivity contribution in [3.8, 4) is 0 Å². The van der Waals surface area contributed by atoms with E-state index >= 15 is 0 Å². The Balaban J connectivity index is 3.19. The molecule has 0 aliphatic carbocycles. The molecule has 0 amide bonds. The second-order valence-corrected chi connectivity index (χ2v) is 3.27. The average molecular weight is 213 g/mol. The van der Waals surface area contributed by atoms with Gasteiger partial charge >= 0.3 is 8.25 Å². The molecule has 2 unspecified atom stereocenters. The molecular formula is C6H16NO5P. The number of hydrogen-bond donors (Lipinski definition) is 3. The van der Waals surface area contributed by atoms with Crippen molar-refractivity contribution in [2.45, 2.75) is 12.5 Å². The predicted molar refractivity (Wildman–Crippen MR) is 47.7 cm³/mol. The maximum Gasteiger partial charge on any atom is 0.316 e. The van der Waals surface area contributed by atoms with Gasteiger partial charge in [0, 0.05) is 6.61 Å². The molecule has 0 aromatic heterocycles. The minimum absolute atomic E-state index is 0.0924. The van der Waals surface area contributed by atoms with Crippen LogP contribution < -0.4 is 5.73 Å². The lowest BCUT2D eigenvalue weighted by Crippen LogP contribution is -2.21. The van der Waals surface area contributed by atoms with Crippen molar-refractivity contribution in [3.63, 3.8) is 0 Å². The average Bonchev–Trinajstić information content (AvgIpc) is 2.09. The summed E-state index contributed by atoms with van der Waals surface area (Å²) in [6.45, 7) is 0.922. The fourth-order valence-electron chi connectivity index (χ4n) is 0.620. The zero-order valence-electron chi connectivity index (χ0n) is 7.31. The summed E-state index contributed by atoms with van der Waals surface area (Å²) in [7, 11) is -2.95. The van der Waals surface area contributed by atoms with E-state index in [1.165, 1.54) is 0 Å². The van der Waals surface area contributed by atoms with E-state index in [0.717, 1.165) is 6.42 Å². The topological polar surface area (TPSA) is 102 Å². The first-order valence-electron chi connectivity index (χ1n) is 3.98. The SMILES string of the molecule is NCCCOCC(O)CO[PH](=O)O. The summed E-state index contributed by atoms with van der Waals surface area (Å²) in [6.07, 6.45) is -0.136. The third-order valence-electron chi connectivity index (χ3n) is 1.20. The fourth-order valence-corrected chi connectivity index (χ4v) is 0.955. The van der Waals surface area contributed by atoms with Crippen molar-refractivity contribution < 1.29 is 23.8 Å². The van der Waals surface area contributed by atoms with E-state index in [1.54, 1.807) is 0 Å². The molecule has 0 aromatic rings. The van der Waals surface area contributed by atoms with Crippen molar-refractivity contribution in [3.05, 3.63) is 0 Å². The summed E-state index contributed by atoms with van der Waals surface area (Å²) < 4.78 is 19.4. The molecule has 0 aromatic carbocycles. The molecule has 0 rings (SSSR count). The van der Waals surface area contributed by atoms with Crippen molar-refractivity contribution >= 4 is 8.25 Å². The van der Waals surface area contributed by atoms with Gasteiger partial charge in [-0.15, -0.1) is 0 Å². The highest BCUT2D eigenvalue weighted by Crippen LogP contribution is 2.14. The maximum absolute atomic E-state index is 10.1. The van der Waals surface area contributed by atoms with Crippen LogP contribution in [0.1, 0.15) is 6.42 Å². The molecule has 0 saturated heterocycles. The molecule has 6 nitrogen and oxygen atoms in total. The molecule has 0 fully saturated rings. The lowest BCUT2D eigenvalue weighted by atomic mass is 10.4. The van der Waals surface area contributed by atoms with Gasteiger partial charge in [0.05, 0.1) is 13.2 Å². The summed E-state index contributed by atoms with van der Waals surface area (Å²) in [6, 6.07) is 0. The number of aliphatic hydroxyl groups excluding tert-OH is 1. The van der Waals surface area contributed by atoms with Crippen LogP contribution in [-0.4, -0.2) is 42.5 Å². The molecule has 4 N–H and O–H groups in total. The molecule has 13 heavy (non-hydrogen) atoms. The fraction of sp³-hybridized carbons (Fsp3) is 1.00. The van der Waals surface area contributed by atoms with Crippen LogP contribution in [0.2, 0.25) is 0 Å². The maximum atomic E-state index is 10.1. The van der Waals surface area contributed by atoms with Crippen molar-refractivity contribution in [2.75, 3.05) is 26.4 Å². The van der Waals surface area contributed by atoms with Crippen molar-refractivity contribution in [1.82, 2.24) is 0 Å². The Kier molecular flexibility index (Phi) is 8.64. The molecule has 0 aliphatic rings. The van der Waals surface area contributed by atoms with E-state index in [-0.39, 0.29) is 13.2 Å². The Morgan fingerprint density at radius 1 is 1.46 bits per heavy atom. The molecule has 2 atom stereocenters. The van der Waals surface area contributed by atoms with Crippen LogP contribution in [0.4, 0.5) is 0 Å². The number of rotatable bonds is 8. The number of nitrogens with two attached hydrogens (primary N) is 1. The van der Waals surface area contributed by atoms with E-state index in [9.17, 15) is 4.57 Å². The summed E-state index contributed by atoms with van der Waals surface area (Å²) in [5.74, 6) is 0. The largest absolute Gasteiger partial charge is 0.388 e. The van der Waals surface area contributed by atoms with Gasteiger partial charge in [-0.2, -0.15) is 0 Å². The second kappa shape index (κ2) is 8.62.